The third-order valence-corrected chi connectivity index (χ3v) is 9.46. The molecule has 0 aliphatic carbocycles. The van der Waals surface area contributed by atoms with Gasteiger partial charge < -0.3 is 20.5 Å². The molecular weight excluding hydrogens is 719 g/mol. The Labute approximate surface area is 331 Å². The van der Waals surface area contributed by atoms with Crippen LogP contribution in [0.15, 0.2) is 67.1 Å². The summed E-state index contributed by atoms with van der Waals surface area (Å²) in [6, 6.07) is 16.1. The van der Waals surface area contributed by atoms with E-state index in [1.165, 1.54) is 0 Å². The monoisotopic (exact) mass is 767 g/mol. The fourth-order valence-electron chi connectivity index (χ4n) is 6.84. The number of hydrogen-bond acceptors (Lipinski definition) is 12. The Morgan fingerprint density at radius 3 is 1.86 bits per heavy atom. The first-order valence-corrected chi connectivity index (χ1v) is 19.2. The van der Waals surface area contributed by atoms with Crippen molar-refractivity contribution >= 4 is 39.1 Å². The van der Waals surface area contributed by atoms with Gasteiger partial charge in [-0.2, -0.15) is 10.2 Å². The molecule has 0 bridgehead atoms. The van der Waals surface area contributed by atoms with Gasteiger partial charge in [-0.1, -0.05) is 6.07 Å². The van der Waals surface area contributed by atoms with Gasteiger partial charge in [-0.15, -0.1) is 10.2 Å². The van der Waals surface area contributed by atoms with E-state index in [1.54, 1.807) is 12.4 Å². The highest BCUT2D eigenvalue weighted by molar-refractivity contribution is 5.93. The van der Waals surface area contributed by atoms with Crippen molar-refractivity contribution < 1.29 is 9.47 Å². The van der Waals surface area contributed by atoms with Gasteiger partial charge in [-0.25, -0.2) is 19.9 Å². The lowest BCUT2D eigenvalue weighted by Gasteiger charge is -2.15. The summed E-state index contributed by atoms with van der Waals surface area (Å²) in [7, 11) is 0. The van der Waals surface area contributed by atoms with Crippen LogP contribution in [-0.4, -0.2) is 67.3 Å². The first-order chi connectivity index (χ1) is 27.5. The molecular formula is C42H49N13O2. The smallest absolute Gasteiger partial charge is 0.222 e. The Morgan fingerprint density at radius 2 is 1.28 bits per heavy atom. The number of ether oxygens (including phenoxy) is 2. The Morgan fingerprint density at radius 1 is 0.719 bits per heavy atom. The van der Waals surface area contributed by atoms with Gasteiger partial charge in [0.25, 0.3) is 0 Å². The van der Waals surface area contributed by atoms with Crippen LogP contribution >= 0.6 is 0 Å². The highest BCUT2D eigenvalue weighted by Crippen LogP contribution is 2.36. The molecule has 0 saturated heterocycles. The van der Waals surface area contributed by atoms with Crippen LogP contribution in [0.1, 0.15) is 76.4 Å². The van der Waals surface area contributed by atoms with Crippen molar-refractivity contribution in [1.29, 1.82) is 0 Å². The third-order valence-electron chi connectivity index (χ3n) is 9.46. The maximum atomic E-state index is 6.31. The number of fused-ring (bicyclic) bond motifs is 3. The Kier molecular flexibility index (Phi) is 11.0. The van der Waals surface area contributed by atoms with Crippen molar-refractivity contribution in [2.45, 2.75) is 80.9 Å². The van der Waals surface area contributed by atoms with Gasteiger partial charge in [-0.3, -0.25) is 13.8 Å². The molecule has 57 heavy (non-hydrogen) atoms. The average molecular weight is 768 g/mol. The fraction of sp³-hybridized carbons (Fsp3) is 0.333. The molecule has 8 aromatic rings. The second-order valence-corrected chi connectivity index (χ2v) is 14.2. The van der Waals surface area contributed by atoms with Gasteiger partial charge >= 0.3 is 0 Å². The Balaban J connectivity index is 0.000000188. The molecule has 0 radical (unpaired) electrons. The molecule has 0 aliphatic heterocycles. The van der Waals surface area contributed by atoms with Crippen molar-refractivity contribution in [3.8, 4) is 34.3 Å². The molecule has 15 heteroatoms. The minimum atomic E-state index is 0.185. The number of aryl methyl sites for hydroxylation is 3. The summed E-state index contributed by atoms with van der Waals surface area (Å²) in [4.78, 5) is 18.5. The van der Waals surface area contributed by atoms with E-state index in [0.29, 0.717) is 37.2 Å². The lowest BCUT2D eigenvalue weighted by atomic mass is 10.1. The van der Waals surface area contributed by atoms with Gasteiger partial charge in [0.15, 0.2) is 5.65 Å². The van der Waals surface area contributed by atoms with Gasteiger partial charge in [0.2, 0.25) is 11.8 Å². The second kappa shape index (κ2) is 16.2. The van der Waals surface area contributed by atoms with Gasteiger partial charge in [0.1, 0.15) is 27.9 Å². The number of nitrogens with two attached hydrogens (primary N) is 1. The number of aromatic nitrogens is 11. The molecule has 0 unspecified atom stereocenters. The maximum absolute atomic E-state index is 6.31. The number of nitrogens with one attached hydrogen (secondary N) is 1. The van der Waals surface area contributed by atoms with E-state index in [1.807, 2.05) is 91.0 Å². The summed E-state index contributed by atoms with van der Waals surface area (Å²) in [5.41, 5.74) is 18.3. The highest BCUT2D eigenvalue weighted by Gasteiger charge is 2.21. The van der Waals surface area contributed by atoms with Crippen molar-refractivity contribution in [3.05, 3.63) is 89.9 Å². The lowest BCUT2D eigenvalue weighted by Crippen LogP contribution is -2.08. The van der Waals surface area contributed by atoms with Crippen LogP contribution in [0, 0.1) is 20.8 Å². The summed E-state index contributed by atoms with van der Waals surface area (Å²) in [5, 5.41) is 21.6. The minimum Gasteiger partial charge on any atom is -0.477 e. The first-order valence-electron chi connectivity index (χ1n) is 19.2. The van der Waals surface area contributed by atoms with E-state index in [2.05, 4.69) is 70.4 Å². The topological polar surface area (TPSA) is 174 Å². The first kappa shape index (κ1) is 38.6. The molecule has 8 rings (SSSR count). The molecule has 0 atom stereocenters. The molecule has 0 aromatic carbocycles. The number of anilines is 2. The highest BCUT2D eigenvalue weighted by atomic mass is 16.5. The Hall–Kier alpha value is -6.64. The SMILES string of the molecule is CCOc1ncccc1-c1cc(N)c2c(n1)c(C)nn2C(C)C.CCOc1ncccc1-c1cc(NCc2cccn3c(C)nnc23)c2c(n1)c(C)nn2C(C)C. The van der Waals surface area contributed by atoms with Crippen LogP contribution < -0.4 is 20.5 Å². The predicted octanol–water partition coefficient (Wildman–Crippen LogP) is 8.11. The quantitative estimate of drug-likeness (QED) is 0.130. The Bertz CT molecular complexity index is 2690. The number of nitrogens with zero attached hydrogens (tertiary/aromatic N) is 11. The zero-order valence-corrected chi connectivity index (χ0v) is 33.9. The standard InChI is InChI=1S/C25H28N8O.C17H21N5O/c1-6-34-25-19(10-7-11-26-25)20-13-21(23-22(28-20)16(4)31-33(23)15(2)3)27-14-18-9-8-12-32-17(5)29-30-24(18)32;1-5-23-17-12(7-6-8-19-17)14-9-13(18)16-15(20-14)11(4)21-22(16)10(2)3/h7-13,15H,6,14H2,1-5H3,(H,27,28);6-10H,5H2,1-4H3,(H2,18,20). The molecule has 0 spiro atoms. The van der Waals surface area contributed by atoms with E-state index in [9.17, 15) is 0 Å². The molecule has 0 amide bonds. The summed E-state index contributed by atoms with van der Waals surface area (Å²) >= 11 is 0. The van der Waals surface area contributed by atoms with Crippen LogP contribution in [0.5, 0.6) is 11.8 Å². The van der Waals surface area contributed by atoms with Gasteiger partial charge in [-0.05, 0) is 105 Å². The van der Waals surface area contributed by atoms with Crippen molar-refractivity contribution in [2.24, 2.45) is 0 Å². The van der Waals surface area contributed by atoms with Crippen molar-refractivity contribution in [1.82, 2.24) is 54.1 Å². The van der Waals surface area contributed by atoms with Gasteiger partial charge in [0.05, 0.1) is 58.5 Å². The number of hydrogen-bond donors (Lipinski definition) is 2. The second-order valence-electron chi connectivity index (χ2n) is 14.2. The largest absolute Gasteiger partial charge is 0.477 e. The van der Waals surface area contributed by atoms with E-state index < -0.39 is 0 Å². The van der Waals surface area contributed by atoms with E-state index in [4.69, 9.17) is 30.3 Å². The molecule has 0 fully saturated rings. The van der Waals surface area contributed by atoms with Crippen LogP contribution in [0.2, 0.25) is 0 Å². The average Bonchev–Trinajstić information content (AvgIpc) is 3.87. The van der Waals surface area contributed by atoms with E-state index in [0.717, 1.165) is 78.7 Å². The molecule has 0 saturated carbocycles. The fourth-order valence-corrected chi connectivity index (χ4v) is 6.84. The summed E-state index contributed by atoms with van der Waals surface area (Å²) < 4.78 is 17.3. The van der Waals surface area contributed by atoms with Crippen molar-refractivity contribution in [2.75, 3.05) is 24.3 Å². The van der Waals surface area contributed by atoms with Crippen LogP contribution in [-0.2, 0) is 6.54 Å². The maximum Gasteiger partial charge on any atom is 0.222 e. The van der Waals surface area contributed by atoms with Crippen LogP contribution in [0.4, 0.5) is 11.4 Å². The molecule has 0 aliphatic rings. The van der Waals surface area contributed by atoms with Gasteiger partial charge in [0, 0.05) is 42.8 Å². The zero-order chi connectivity index (χ0) is 40.4. The minimum absolute atomic E-state index is 0.185. The normalized spacial score (nSPS) is 11.5. The van der Waals surface area contributed by atoms with E-state index >= 15 is 0 Å². The summed E-state index contributed by atoms with van der Waals surface area (Å²) in [6.45, 7) is 19.8. The third kappa shape index (κ3) is 7.52. The summed E-state index contributed by atoms with van der Waals surface area (Å²) in [6.07, 6.45) is 5.42. The molecule has 294 valence electrons. The van der Waals surface area contributed by atoms with E-state index in [-0.39, 0.29) is 12.1 Å². The van der Waals surface area contributed by atoms with Crippen molar-refractivity contribution in [3.63, 3.8) is 0 Å². The number of nitrogen functional groups attached to an aromatic ring is 1. The zero-order valence-electron chi connectivity index (χ0n) is 33.9. The molecule has 15 nitrogen and oxygen atoms in total. The lowest BCUT2D eigenvalue weighted by molar-refractivity contribution is 0.328. The number of rotatable bonds is 11. The predicted molar refractivity (Wildman–Crippen MR) is 224 cm³/mol. The molecule has 8 aromatic heterocycles. The number of pyridine rings is 5. The summed E-state index contributed by atoms with van der Waals surface area (Å²) in [5.74, 6) is 1.99. The molecule has 3 N–H and O–H groups in total. The molecule has 8 heterocycles. The van der Waals surface area contributed by atoms with Crippen LogP contribution in [0.3, 0.4) is 0 Å². The van der Waals surface area contributed by atoms with Crippen LogP contribution in [0.25, 0.3) is 50.2 Å².